The molecule has 156 valence electrons. The zero-order valence-electron chi connectivity index (χ0n) is 17.7. The standard InChI is InChI=1S/C24H28N4OS/c1-4-18-8-10-19(11-9-18)28-16(2)15-20(17(28)3)23-22(21-7-5-6-12-25-21)26-24(30)27(23)13-14-29/h5-12,15,22-23,29H,4,13-14H2,1-3H3,(H,26,30)/t22-,23+/m1/s1. The van der Waals surface area contributed by atoms with Gasteiger partial charge in [0.05, 0.1) is 24.4 Å². The Morgan fingerprint density at radius 3 is 2.53 bits per heavy atom. The van der Waals surface area contributed by atoms with Gasteiger partial charge in [-0.25, -0.2) is 0 Å². The van der Waals surface area contributed by atoms with Crippen LogP contribution in [0.15, 0.2) is 54.7 Å². The van der Waals surface area contributed by atoms with Gasteiger partial charge >= 0.3 is 0 Å². The van der Waals surface area contributed by atoms with Crippen LogP contribution in [0.25, 0.3) is 5.69 Å². The fourth-order valence-electron chi connectivity index (χ4n) is 4.46. The van der Waals surface area contributed by atoms with Gasteiger partial charge in [0.2, 0.25) is 0 Å². The first-order valence-corrected chi connectivity index (χ1v) is 10.8. The molecule has 1 aromatic carbocycles. The van der Waals surface area contributed by atoms with Crippen molar-refractivity contribution in [3.05, 3.63) is 82.9 Å². The van der Waals surface area contributed by atoms with Gasteiger partial charge in [-0.15, -0.1) is 0 Å². The summed E-state index contributed by atoms with van der Waals surface area (Å²) < 4.78 is 2.29. The molecule has 3 heterocycles. The van der Waals surface area contributed by atoms with Crippen molar-refractivity contribution in [1.82, 2.24) is 19.8 Å². The first-order chi connectivity index (χ1) is 14.5. The molecule has 1 aliphatic heterocycles. The summed E-state index contributed by atoms with van der Waals surface area (Å²) in [6, 6.07) is 16.8. The van der Waals surface area contributed by atoms with Crippen molar-refractivity contribution in [3.8, 4) is 5.69 Å². The van der Waals surface area contributed by atoms with E-state index in [0.717, 1.165) is 17.8 Å². The molecular weight excluding hydrogens is 392 g/mol. The number of nitrogens with zero attached hydrogens (tertiary/aromatic N) is 3. The molecule has 2 atom stereocenters. The van der Waals surface area contributed by atoms with E-state index in [1.54, 1.807) is 0 Å². The molecule has 0 aliphatic carbocycles. The van der Waals surface area contributed by atoms with Crippen LogP contribution in [0.5, 0.6) is 0 Å². The van der Waals surface area contributed by atoms with E-state index in [4.69, 9.17) is 12.2 Å². The van der Waals surface area contributed by atoms with Gasteiger partial charge in [0.15, 0.2) is 5.11 Å². The summed E-state index contributed by atoms with van der Waals surface area (Å²) >= 11 is 5.63. The third-order valence-electron chi connectivity index (χ3n) is 5.93. The topological polar surface area (TPSA) is 53.3 Å². The summed E-state index contributed by atoms with van der Waals surface area (Å²) in [4.78, 5) is 6.67. The number of β-amino-alcohol motifs (C(OH)–C–C–N with tert-alkyl or cyclic N) is 1. The minimum atomic E-state index is -0.0679. The molecule has 1 fully saturated rings. The van der Waals surface area contributed by atoms with Crippen LogP contribution < -0.4 is 5.32 Å². The number of hydrogen-bond acceptors (Lipinski definition) is 3. The van der Waals surface area contributed by atoms with Crippen LogP contribution in [0, 0.1) is 13.8 Å². The third kappa shape index (κ3) is 3.61. The fourth-order valence-corrected chi connectivity index (χ4v) is 4.79. The molecule has 6 heteroatoms. The number of benzene rings is 1. The van der Waals surface area contributed by atoms with E-state index in [1.807, 2.05) is 24.4 Å². The number of rotatable bonds is 6. The molecule has 5 nitrogen and oxygen atoms in total. The molecule has 0 unspecified atom stereocenters. The Balaban J connectivity index is 1.80. The Hall–Kier alpha value is -2.70. The molecule has 1 aliphatic rings. The van der Waals surface area contributed by atoms with Crippen molar-refractivity contribution < 1.29 is 5.11 Å². The SMILES string of the molecule is CCc1ccc(-n2c(C)cc([C@H]3[C@@H](c4ccccn4)NC(=S)N3CCO)c2C)cc1. The summed E-state index contributed by atoms with van der Waals surface area (Å²) in [6.45, 7) is 6.99. The van der Waals surface area contributed by atoms with Crippen LogP contribution in [0.3, 0.4) is 0 Å². The van der Waals surface area contributed by atoms with E-state index in [9.17, 15) is 5.11 Å². The van der Waals surface area contributed by atoms with E-state index in [0.29, 0.717) is 11.7 Å². The second kappa shape index (κ2) is 8.58. The number of pyridine rings is 1. The van der Waals surface area contributed by atoms with Crippen LogP contribution in [-0.4, -0.2) is 37.8 Å². The molecule has 0 saturated carbocycles. The highest BCUT2D eigenvalue weighted by Crippen LogP contribution is 2.41. The highest BCUT2D eigenvalue weighted by molar-refractivity contribution is 7.80. The van der Waals surface area contributed by atoms with Crippen molar-refractivity contribution >= 4 is 17.3 Å². The average Bonchev–Trinajstić information content (AvgIpc) is 3.24. The van der Waals surface area contributed by atoms with E-state index in [-0.39, 0.29) is 18.7 Å². The molecule has 0 amide bonds. The Labute approximate surface area is 183 Å². The number of aromatic nitrogens is 2. The van der Waals surface area contributed by atoms with E-state index in [1.165, 1.54) is 22.5 Å². The summed E-state index contributed by atoms with van der Waals surface area (Å²) in [5, 5.41) is 13.8. The molecule has 0 spiro atoms. The van der Waals surface area contributed by atoms with Gasteiger partial charge in [-0.2, -0.15) is 0 Å². The van der Waals surface area contributed by atoms with E-state index in [2.05, 4.69) is 70.9 Å². The van der Waals surface area contributed by atoms with Gasteiger partial charge in [-0.05, 0) is 73.9 Å². The Morgan fingerprint density at radius 2 is 1.90 bits per heavy atom. The van der Waals surface area contributed by atoms with Gasteiger partial charge in [0.1, 0.15) is 0 Å². The second-order valence-electron chi connectivity index (χ2n) is 7.73. The highest BCUT2D eigenvalue weighted by Gasteiger charge is 2.41. The maximum Gasteiger partial charge on any atom is 0.170 e. The van der Waals surface area contributed by atoms with Gasteiger partial charge < -0.3 is 19.9 Å². The van der Waals surface area contributed by atoms with Crippen molar-refractivity contribution in [1.29, 1.82) is 0 Å². The summed E-state index contributed by atoms with van der Waals surface area (Å²) in [5.41, 5.74) is 6.98. The van der Waals surface area contributed by atoms with Crippen molar-refractivity contribution in [2.24, 2.45) is 0 Å². The number of hydrogen-bond donors (Lipinski definition) is 2. The first-order valence-electron chi connectivity index (χ1n) is 10.4. The fraction of sp³-hybridized carbons (Fsp3) is 0.333. The van der Waals surface area contributed by atoms with Crippen LogP contribution in [-0.2, 0) is 6.42 Å². The van der Waals surface area contributed by atoms with E-state index >= 15 is 0 Å². The van der Waals surface area contributed by atoms with Crippen molar-refractivity contribution in [3.63, 3.8) is 0 Å². The maximum atomic E-state index is 9.67. The van der Waals surface area contributed by atoms with E-state index < -0.39 is 0 Å². The Morgan fingerprint density at radius 1 is 1.13 bits per heavy atom. The summed E-state index contributed by atoms with van der Waals surface area (Å²) in [5.74, 6) is 0. The molecule has 0 radical (unpaired) electrons. The number of aryl methyl sites for hydroxylation is 2. The number of thiocarbonyl (C=S) groups is 1. The van der Waals surface area contributed by atoms with Gasteiger partial charge in [0, 0.05) is 29.8 Å². The third-order valence-corrected chi connectivity index (χ3v) is 6.28. The molecule has 3 aromatic rings. The monoisotopic (exact) mass is 420 g/mol. The van der Waals surface area contributed by atoms with Crippen LogP contribution in [0.2, 0.25) is 0 Å². The molecule has 0 bridgehead atoms. The minimum Gasteiger partial charge on any atom is -0.395 e. The normalized spacial score (nSPS) is 18.7. The molecule has 2 N–H and O–H groups in total. The van der Waals surface area contributed by atoms with Crippen LogP contribution in [0.4, 0.5) is 0 Å². The smallest absolute Gasteiger partial charge is 0.170 e. The quantitative estimate of drug-likeness (QED) is 0.590. The lowest BCUT2D eigenvalue weighted by Gasteiger charge is -2.27. The lowest BCUT2D eigenvalue weighted by Crippen LogP contribution is -2.32. The molecular formula is C24H28N4OS. The first kappa shape index (κ1) is 20.6. The molecule has 2 aromatic heterocycles. The van der Waals surface area contributed by atoms with Crippen LogP contribution in [0.1, 0.15) is 47.2 Å². The van der Waals surface area contributed by atoms with Crippen molar-refractivity contribution in [2.45, 2.75) is 39.3 Å². The predicted molar refractivity (Wildman–Crippen MR) is 124 cm³/mol. The highest BCUT2D eigenvalue weighted by atomic mass is 32.1. The largest absolute Gasteiger partial charge is 0.395 e. The Bertz CT molecular complexity index is 1030. The second-order valence-corrected chi connectivity index (χ2v) is 8.11. The average molecular weight is 421 g/mol. The predicted octanol–water partition coefficient (Wildman–Crippen LogP) is 4.02. The Kier molecular flexibility index (Phi) is 5.88. The molecule has 1 saturated heterocycles. The van der Waals surface area contributed by atoms with Crippen LogP contribution >= 0.6 is 12.2 Å². The zero-order chi connectivity index (χ0) is 21.3. The van der Waals surface area contributed by atoms with Gasteiger partial charge in [0.25, 0.3) is 0 Å². The lowest BCUT2D eigenvalue weighted by molar-refractivity contribution is 0.223. The number of aliphatic hydroxyl groups is 1. The summed E-state index contributed by atoms with van der Waals surface area (Å²) in [6.07, 6.45) is 2.84. The number of nitrogens with one attached hydrogen (secondary N) is 1. The van der Waals surface area contributed by atoms with Gasteiger partial charge in [-0.3, -0.25) is 4.98 Å². The van der Waals surface area contributed by atoms with Crippen molar-refractivity contribution in [2.75, 3.05) is 13.2 Å². The zero-order valence-corrected chi connectivity index (χ0v) is 18.5. The minimum absolute atomic E-state index is 0.0329. The molecule has 4 rings (SSSR count). The maximum absolute atomic E-state index is 9.67. The molecule has 30 heavy (non-hydrogen) atoms. The number of aliphatic hydroxyl groups excluding tert-OH is 1. The van der Waals surface area contributed by atoms with Gasteiger partial charge in [-0.1, -0.05) is 25.1 Å². The summed E-state index contributed by atoms with van der Waals surface area (Å²) in [7, 11) is 0. The lowest BCUT2D eigenvalue weighted by atomic mass is 9.97.